The van der Waals surface area contributed by atoms with E-state index in [2.05, 4.69) is 15.4 Å². The van der Waals surface area contributed by atoms with Crippen molar-refractivity contribution in [3.05, 3.63) is 48.3 Å². The smallest absolute Gasteiger partial charge is 0.126 e. The predicted molar refractivity (Wildman–Crippen MR) is 65.8 cm³/mol. The van der Waals surface area contributed by atoms with Crippen LogP contribution in [0, 0.1) is 0 Å². The Morgan fingerprint density at radius 1 is 1.35 bits per heavy atom. The van der Waals surface area contributed by atoms with E-state index in [1.165, 1.54) is 5.56 Å². The molecule has 0 spiro atoms. The standard InChI is InChI=1S/C12H17N5/c1-17-9-8-15-12(17)11(16-13)3-2-10-4-6-14-7-5-10/h4-9,11,16H,2-3,13H2,1H3. The van der Waals surface area contributed by atoms with Crippen LogP contribution in [0.15, 0.2) is 36.9 Å². The van der Waals surface area contributed by atoms with E-state index >= 15 is 0 Å². The monoisotopic (exact) mass is 231 g/mol. The second-order valence-electron chi connectivity index (χ2n) is 4.01. The first-order chi connectivity index (χ1) is 8.31. The molecule has 0 fully saturated rings. The number of hydrogen-bond donors (Lipinski definition) is 2. The van der Waals surface area contributed by atoms with Crippen LogP contribution in [0.4, 0.5) is 0 Å². The molecule has 5 nitrogen and oxygen atoms in total. The number of pyridine rings is 1. The molecule has 17 heavy (non-hydrogen) atoms. The first-order valence-electron chi connectivity index (χ1n) is 5.63. The van der Waals surface area contributed by atoms with Crippen LogP contribution in [0.3, 0.4) is 0 Å². The maximum Gasteiger partial charge on any atom is 0.126 e. The van der Waals surface area contributed by atoms with Crippen LogP contribution in [0.2, 0.25) is 0 Å². The predicted octanol–water partition coefficient (Wildman–Crippen LogP) is 0.952. The maximum absolute atomic E-state index is 5.58. The Labute approximate surface area is 101 Å². The normalized spacial score (nSPS) is 12.6. The lowest BCUT2D eigenvalue weighted by molar-refractivity contribution is 0.478. The molecule has 2 aromatic rings. The molecule has 5 heteroatoms. The summed E-state index contributed by atoms with van der Waals surface area (Å²) in [6, 6.07) is 4.11. The van der Waals surface area contributed by atoms with Gasteiger partial charge in [0, 0.05) is 31.8 Å². The minimum absolute atomic E-state index is 0.0724. The lowest BCUT2D eigenvalue weighted by Crippen LogP contribution is -2.30. The fraction of sp³-hybridized carbons (Fsp3) is 0.333. The number of hydrazine groups is 1. The van der Waals surface area contributed by atoms with E-state index in [4.69, 9.17) is 5.84 Å². The lowest BCUT2D eigenvalue weighted by Gasteiger charge is -2.15. The summed E-state index contributed by atoms with van der Waals surface area (Å²) >= 11 is 0. The molecule has 0 radical (unpaired) electrons. The average molecular weight is 231 g/mol. The summed E-state index contributed by atoms with van der Waals surface area (Å²) in [6.07, 6.45) is 9.18. The lowest BCUT2D eigenvalue weighted by atomic mass is 10.1. The van der Waals surface area contributed by atoms with Crippen molar-refractivity contribution in [2.45, 2.75) is 18.9 Å². The highest BCUT2D eigenvalue weighted by Gasteiger charge is 2.13. The molecule has 0 aliphatic rings. The molecule has 0 aromatic carbocycles. The van der Waals surface area contributed by atoms with Crippen molar-refractivity contribution in [2.75, 3.05) is 0 Å². The SMILES string of the molecule is Cn1ccnc1C(CCc1ccncc1)NN. The van der Waals surface area contributed by atoms with E-state index in [0.29, 0.717) is 0 Å². The number of nitrogens with two attached hydrogens (primary N) is 1. The Kier molecular flexibility index (Phi) is 3.85. The second-order valence-corrected chi connectivity index (χ2v) is 4.01. The first-order valence-corrected chi connectivity index (χ1v) is 5.63. The van der Waals surface area contributed by atoms with Gasteiger partial charge in [-0.2, -0.15) is 0 Å². The van der Waals surface area contributed by atoms with Gasteiger partial charge in [0.15, 0.2) is 0 Å². The second kappa shape index (κ2) is 5.56. The number of aromatic nitrogens is 3. The van der Waals surface area contributed by atoms with E-state index in [-0.39, 0.29) is 6.04 Å². The molecule has 0 aliphatic carbocycles. The number of nitrogens with zero attached hydrogens (tertiary/aromatic N) is 3. The van der Waals surface area contributed by atoms with Crippen molar-refractivity contribution >= 4 is 0 Å². The van der Waals surface area contributed by atoms with Gasteiger partial charge in [-0.1, -0.05) is 0 Å². The zero-order valence-corrected chi connectivity index (χ0v) is 9.87. The van der Waals surface area contributed by atoms with Gasteiger partial charge in [-0.05, 0) is 30.5 Å². The zero-order valence-electron chi connectivity index (χ0n) is 9.87. The molecule has 2 rings (SSSR count). The number of rotatable bonds is 5. The van der Waals surface area contributed by atoms with Gasteiger partial charge < -0.3 is 4.57 Å². The Bertz CT molecular complexity index is 451. The van der Waals surface area contributed by atoms with Crippen LogP contribution in [-0.4, -0.2) is 14.5 Å². The Morgan fingerprint density at radius 3 is 2.71 bits per heavy atom. The maximum atomic E-state index is 5.58. The van der Waals surface area contributed by atoms with E-state index in [0.717, 1.165) is 18.7 Å². The largest absolute Gasteiger partial charge is 0.337 e. The minimum Gasteiger partial charge on any atom is -0.337 e. The van der Waals surface area contributed by atoms with E-state index in [9.17, 15) is 0 Å². The third kappa shape index (κ3) is 2.89. The Balaban J connectivity index is 2.00. The summed E-state index contributed by atoms with van der Waals surface area (Å²) in [5.74, 6) is 6.54. The van der Waals surface area contributed by atoms with Crippen molar-refractivity contribution in [1.29, 1.82) is 0 Å². The van der Waals surface area contributed by atoms with Crippen molar-refractivity contribution in [2.24, 2.45) is 12.9 Å². The molecular formula is C12H17N5. The summed E-state index contributed by atoms with van der Waals surface area (Å²) in [7, 11) is 1.97. The van der Waals surface area contributed by atoms with Gasteiger partial charge in [0.2, 0.25) is 0 Å². The molecule has 1 unspecified atom stereocenters. The minimum atomic E-state index is 0.0724. The van der Waals surface area contributed by atoms with Crippen LogP contribution in [0.5, 0.6) is 0 Å². The molecule has 2 aromatic heterocycles. The first kappa shape index (κ1) is 11.8. The van der Waals surface area contributed by atoms with Gasteiger partial charge in [-0.3, -0.25) is 10.8 Å². The fourth-order valence-electron chi connectivity index (χ4n) is 1.86. The van der Waals surface area contributed by atoms with Gasteiger partial charge in [0.1, 0.15) is 5.82 Å². The summed E-state index contributed by atoms with van der Waals surface area (Å²) < 4.78 is 1.98. The molecule has 0 saturated carbocycles. The highest BCUT2D eigenvalue weighted by molar-refractivity contribution is 5.10. The molecule has 0 bridgehead atoms. The van der Waals surface area contributed by atoms with Crippen LogP contribution < -0.4 is 11.3 Å². The van der Waals surface area contributed by atoms with E-state index < -0.39 is 0 Å². The zero-order chi connectivity index (χ0) is 12.1. The van der Waals surface area contributed by atoms with Crippen LogP contribution >= 0.6 is 0 Å². The van der Waals surface area contributed by atoms with E-state index in [1.807, 2.05) is 29.9 Å². The summed E-state index contributed by atoms with van der Waals surface area (Å²) in [5, 5.41) is 0. The number of aryl methyl sites for hydroxylation is 2. The van der Waals surface area contributed by atoms with Crippen molar-refractivity contribution < 1.29 is 0 Å². The van der Waals surface area contributed by atoms with Gasteiger partial charge in [0.05, 0.1) is 6.04 Å². The third-order valence-electron chi connectivity index (χ3n) is 2.84. The Morgan fingerprint density at radius 2 is 2.12 bits per heavy atom. The number of nitrogens with one attached hydrogen (secondary N) is 1. The Hall–Kier alpha value is -1.72. The van der Waals surface area contributed by atoms with Crippen LogP contribution in [0.25, 0.3) is 0 Å². The average Bonchev–Trinajstić information content (AvgIpc) is 2.78. The van der Waals surface area contributed by atoms with Gasteiger partial charge >= 0.3 is 0 Å². The van der Waals surface area contributed by atoms with Gasteiger partial charge in [-0.15, -0.1) is 0 Å². The quantitative estimate of drug-likeness (QED) is 0.594. The molecular weight excluding hydrogens is 214 g/mol. The van der Waals surface area contributed by atoms with Gasteiger partial charge in [0.25, 0.3) is 0 Å². The molecule has 1 atom stereocenters. The summed E-state index contributed by atoms with van der Waals surface area (Å²) in [6.45, 7) is 0. The molecule has 0 saturated heterocycles. The highest BCUT2D eigenvalue weighted by Crippen LogP contribution is 2.15. The third-order valence-corrected chi connectivity index (χ3v) is 2.84. The topological polar surface area (TPSA) is 68.8 Å². The molecule has 90 valence electrons. The number of imidazole rings is 1. The summed E-state index contributed by atoms with van der Waals surface area (Å²) in [4.78, 5) is 8.31. The van der Waals surface area contributed by atoms with Crippen LogP contribution in [0.1, 0.15) is 23.9 Å². The summed E-state index contributed by atoms with van der Waals surface area (Å²) in [5.41, 5.74) is 4.08. The molecule has 0 aliphatic heterocycles. The van der Waals surface area contributed by atoms with Crippen molar-refractivity contribution in [3.8, 4) is 0 Å². The highest BCUT2D eigenvalue weighted by atomic mass is 15.3. The molecule has 3 N–H and O–H groups in total. The van der Waals surface area contributed by atoms with Crippen molar-refractivity contribution in [1.82, 2.24) is 20.0 Å². The van der Waals surface area contributed by atoms with Crippen LogP contribution in [-0.2, 0) is 13.5 Å². The van der Waals surface area contributed by atoms with E-state index in [1.54, 1.807) is 18.6 Å². The molecule has 2 heterocycles. The fourth-order valence-corrected chi connectivity index (χ4v) is 1.86. The van der Waals surface area contributed by atoms with Gasteiger partial charge in [-0.25, -0.2) is 10.4 Å². The molecule has 0 amide bonds. The number of hydrogen-bond acceptors (Lipinski definition) is 4. The van der Waals surface area contributed by atoms with Crippen molar-refractivity contribution in [3.63, 3.8) is 0 Å².